The molecule has 0 saturated heterocycles. The minimum Gasteiger partial charge on any atom is -0.295 e. The van der Waals surface area contributed by atoms with E-state index in [1.165, 1.54) is 16.7 Å². The first kappa shape index (κ1) is 12.4. The van der Waals surface area contributed by atoms with Gasteiger partial charge in [0.25, 0.3) is 0 Å². The van der Waals surface area contributed by atoms with Crippen LogP contribution in [0.15, 0.2) is 42.5 Å². The fourth-order valence-corrected chi connectivity index (χ4v) is 2.94. The highest BCUT2D eigenvalue weighted by atomic mass is 19.1. The highest BCUT2D eigenvalue weighted by molar-refractivity contribution is 5.41. The number of halogens is 1. The Labute approximate surface area is 113 Å². The van der Waals surface area contributed by atoms with E-state index in [2.05, 4.69) is 37.1 Å². The third-order valence-corrected chi connectivity index (χ3v) is 3.96. The van der Waals surface area contributed by atoms with Gasteiger partial charge in [0, 0.05) is 6.54 Å². The molecule has 2 heteroatoms. The maximum Gasteiger partial charge on any atom is 0.123 e. The Morgan fingerprint density at radius 2 is 1.84 bits per heavy atom. The van der Waals surface area contributed by atoms with E-state index in [-0.39, 0.29) is 11.9 Å². The molecule has 3 rings (SSSR count). The average molecular weight is 255 g/mol. The summed E-state index contributed by atoms with van der Waals surface area (Å²) in [6.45, 7) is 3.16. The predicted molar refractivity (Wildman–Crippen MR) is 75.8 cm³/mol. The summed E-state index contributed by atoms with van der Waals surface area (Å²) in [5, 5.41) is 0. The Bertz CT molecular complexity index is 589. The highest BCUT2D eigenvalue weighted by Gasteiger charge is 2.26. The van der Waals surface area contributed by atoms with E-state index >= 15 is 0 Å². The lowest BCUT2D eigenvalue weighted by Crippen LogP contribution is -2.32. The van der Waals surface area contributed by atoms with Gasteiger partial charge in [-0.05, 0) is 49.2 Å². The van der Waals surface area contributed by atoms with Crippen LogP contribution in [0, 0.1) is 12.7 Å². The molecule has 0 aromatic heterocycles. The summed E-state index contributed by atoms with van der Waals surface area (Å²) in [6.07, 6.45) is 1.09. The monoisotopic (exact) mass is 255 g/mol. The molecule has 1 aliphatic heterocycles. The maximum absolute atomic E-state index is 13.1. The molecule has 0 fully saturated rings. The van der Waals surface area contributed by atoms with Crippen LogP contribution >= 0.6 is 0 Å². The van der Waals surface area contributed by atoms with Crippen molar-refractivity contribution in [2.75, 3.05) is 13.6 Å². The standard InChI is InChI=1S/C17H18FN/c1-12-3-4-13-9-10-19(2)17(16(13)11-12)14-5-7-15(18)8-6-14/h3-8,11,17H,9-10H2,1-2H3. The Hall–Kier alpha value is -1.67. The molecule has 0 amide bonds. The van der Waals surface area contributed by atoms with E-state index in [9.17, 15) is 4.39 Å². The number of rotatable bonds is 1. The van der Waals surface area contributed by atoms with Gasteiger partial charge in [0.05, 0.1) is 6.04 Å². The maximum atomic E-state index is 13.1. The summed E-state index contributed by atoms with van der Waals surface area (Å²) < 4.78 is 13.1. The lowest BCUT2D eigenvalue weighted by molar-refractivity contribution is 0.264. The SMILES string of the molecule is Cc1ccc2c(c1)C(c1ccc(F)cc1)N(C)CC2. The first-order chi connectivity index (χ1) is 9.15. The third-order valence-electron chi connectivity index (χ3n) is 3.96. The molecule has 0 bridgehead atoms. The van der Waals surface area contributed by atoms with E-state index in [0.29, 0.717) is 0 Å². The number of aryl methyl sites for hydroxylation is 1. The van der Waals surface area contributed by atoms with Gasteiger partial charge in [-0.2, -0.15) is 0 Å². The first-order valence-corrected chi connectivity index (χ1v) is 6.70. The van der Waals surface area contributed by atoms with Crippen LogP contribution in [0.5, 0.6) is 0 Å². The van der Waals surface area contributed by atoms with Gasteiger partial charge in [0.1, 0.15) is 5.82 Å². The van der Waals surface area contributed by atoms with E-state index in [1.807, 2.05) is 12.1 Å². The number of likely N-dealkylation sites (N-methyl/N-ethyl adjacent to an activating group) is 1. The molecule has 0 aliphatic carbocycles. The largest absolute Gasteiger partial charge is 0.295 e. The summed E-state index contributed by atoms with van der Waals surface area (Å²) >= 11 is 0. The molecule has 1 nitrogen and oxygen atoms in total. The molecule has 98 valence electrons. The number of fused-ring (bicyclic) bond motifs is 1. The zero-order valence-corrected chi connectivity index (χ0v) is 11.4. The summed E-state index contributed by atoms with van der Waals surface area (Å²) in [5.74, 6) is -0.174. The van der Waals surface area contributed by atoms with Crippen LogP contribution in [0.3, 0.4) is 0 Å². The summed E-state index contributed by atoms with van der Waals surface area (Å²) in [7, 11) is 2.14. The van der Waals surface area contributed by atoms with Crippen LogP contribution < -0.4 is 0 Å². The summed E-state index contributed by atoms with van der Waals surface area (Å²) in [5.41, 5.74) is 5.22. The van der Waals surface area contributed by atoms with Crippen LogP contribution in [-0.4, -0.2) is 18.5 Å². The Morgan fingerprint density at radius 1 is 1.11 bits per heavy atom. The van der Waals surface area contributed by atoms with Gasteiger partial charge < -0.3 is 0 Å². The van der Waals surface area contributed by atoms with Crippen LogP contribution in [-0.2, 0) is 6.42 Å². The third kappa shape index (κ3) is 2.28. The van der Waals surface area contributed by atoms with E-state index in [0.717, 1.165) is 18.5 Å². The van der Waals surface area contributed by atoms with Crippen LogP contribution in [0.25, 0.3) is 0 Å². The molecule has 0 radical (unpaired) electrons. The first-order valence-electron chi connectivity index (χ1n) is 6.70. The van der Waals surface area contributed by atoms with Crippen molar-refractivity contribution in [2.24, 2.45) is 0 Å². The van der Waals surface area contributed by atoms with E-state index in [4.69, 9.17) is 0 Å². The topological polar surface area (TPSA) is 3.24 Å². The van der Waals surface area contributed by atoms with Crippen molar-refractivity contribution in [3.05, 3.63) is 70.5 Å². The van der Waals surface area contributed by atoms with Crippen molar-refractivity contribution in [1.82, 2.24) is 4.90 Å². The van der Waals surface area contributed by atoms with E-state index in [1.54, 1.807) is 12.1 Å². The molecule has 19 heavy (non-hydrogen) atoms. The zero-order chi connectivity index (χ0) is 13.4. The number of hydrogen-bond donors (Lipinski definition) is 0. The molecule has 1 unspecified atom stereocenters. The van der Waals surface area contributed by atoms with Crippen molar-refractivity contribution < 1.29 is 4.39 Å². The molecular formula is C17H18FN. The van der Waals surface area contributed by atoms with Gasteiger partial charge in [-0.25, -0.2) is 4.39 Å². The molecule has 0 saturated carbocycles. The van der Waals surface area contributed by atoms with Crippen molar-refractivity contribution in [1.29, 1.82) is 0 Å². The molecule has 0 N–H and O–H groups in total. The Kier molecular flexibility index (Phi) is 3.11. The van der Waals surface area contributed by atoms with Gasteiger partial charge in [0.15, 0.2) is 0 Å². The van der Waals surface area contributed by atoms with Crippen molar-refractivity contribution in [3.63, 3.8) is 0 Å². The fourth-order valence-electron chi connectivity index (χ4n) is 2.94. The fraction of sp³-hybridized carbons (Fsp3) is 0.294. The second-order valence-electron chi connectivity index (χ2n) is 5.39. The van der Waals surface area contributed by atoms with Gasteiger partial charge >= 0.3 is 0 Å². The second-order valence-corrected chi connectivity index (χ2v) is 5.39. The van der Waals surface area contributed by atoms with Crippen LogP contribution in [0.4, 0.5) is 4.39 Å². The number of nitrogens with zero attached hydrogens (tertiary/aromatic N) is 1. The number of hydrogen-bond acceptors (Lipinski definition) is 1. The number of benzene rings is 2. The molecular weight excluding hydrogens is 237 g/mol. The quantitative estimate of drug-likeness (QED) is 0.751. The molecule has 0 spiro atoms. The van der Waals surface area contributed by atoms with Crippen molar-refractivity contribution in [2.45, 2.75) is 19.4 Å². The lowest BCUT2D eigenvalue weighted by atomic mass is 9.87. The Morgan fingerprint density at radius 3 is 2.58 bits per heavy atom. The second kappa shape index (κ2) is 4.78. The molecule has 2 aromatic rings. The molecule has 1 atom stereocenters. The van der Waals surface area contributed by atoms with Gasteiger partial charge in [-0.15, -0.1) is 0 Å². The van der Waals surface area contributed by atoms with E-state index < -0.39 is 0 Å². The minimum atomic E-state index is -0.174. The van der Waals surface area contributed by atoms with Gasteiger partial charge in [-0.3, -0.25) is 4.90 Å². The average Bonchev–Trinajstić information content (AvgIpc) is 2.40. The normalized spacial score (nSPS) is 19.2. The Balaban J connectivity index is 2.10. The minimum absolute atomic E-state index is 0.174. The van der Waals surface area contributed by atoms with Gasteiger partial charge in [0.2, 0.25) is 0 Å². The van der Waals surface area contributed by atoms with Crippen molar-refractivity contribution in [3.8, 4) is 0 Å². The van der Waals surface area contributed by atoms with Crippen LogP contribution in [0.1, 0.15) is 28.3 Å². The summed E-state index contributed by atoms with van der Waals surface area (Å²) in [4.78, 5) is 2.34. The molecule has 2 aromatic carbocycles. The smallest absolute Gasteiger partial charge is 0.123 e. The molecule has 1 heterocycles. The summed E-state index contributed by atoms with van der Waals surface area (Å²) in [6, 6.07) is 13.8. The predicted octanol–water partition coefficient (Wildman–Crippen LogP) is 3.71. The zero-order valence-electron chi connectivity index (χ0n) is 11.4. The highest BCUT2D eigenvalue weighted by Crippen LogP contribution is 2.34. The van der Waals surface area contributed by atoms with Crippen LogP contribution in [0.2, 0.25) is 0 Å². The molecule has 1 aliphatic rings. The lowest BCUT2D eigenvalue weighted by Gasteiger charge is -2.35. The van der Waals surface area contributed by atoms with Gasteiger partial charge in [-0.1, -0.05) is 35.9 Å². The van der Waals surface area contributed by atoms with Crippen molar-refractivity contribution >= 4 is 0 Å².